The molecule has 8 atom stereocenters. The van der Waals surface area contributed by atoms with Crippen LogP contribution in [0.15, 0.2) is 24.3 Å². The average molecular weight is 278 g/mol. The van der Waals surface area contributed by atoms with Gasteiger partial charge >= 0.3 is 11.9 Å². The summed E-state index contributed by atoms with van der Waals surface area (Å²) in [7, 11) is 0. The van der Waals surface area contributed by atoms with Gasteiger partial charge < -0.3 is 19.7 Å². The zero-order valence-electron chi connectivity index (χ0n) is 10.5. The summed E-state index contributed by atoms with van der Waals surface area (Å²) >= 11 is 0. The molecule has 20 heavy (non-hydrogen) atoms. The summed E-state index contributed by atoms with van der Waals surface area (Å²) in [4.78, 5) is 23.0. The normalized spacial score (nSPS) is 46.7. The van der Waals surface area contributed by atoms with Gasteiger partial charge in [0, 0.05) is 11.8 Å². The van der Waals surface area contributed by atoms with Crippen molar-refractivity contribution >= 4 is 11.9 Å². The van der Waals surface area contributed by atoms with Crippen LogP contribution in [0.25, 0.3) is 0 Å². The Kier molecular flexibility index (Phi) is 2.38. The predicted molar refractivity (Wildman–Crippen MR) is 64.0 cm³/mol. The van der Waals surface area contributed by atoms with Crippen molar-refractivity contribution in [1.82, 2.24) is 0 Å². The number of esters is 2. The minimum Gasteiger partial charge on any atom is -0.458 e. The van der Waals surface area contributed by atoms with Crippen LogP contribution in [-0.2, 0) is 19.1 Å². The second-order valence-electron chi connectivity index (χ2n) is 5.76. The van der Waals surface area contributed by atoms with Crippen molar-refractivity contribution < 1.29 is 29.3 Å². The molecule has 2 aliphatic heterocycles. The third-order valence-electron chi connectivity index (χ3n) is 4.74. The Hall–Kier alpha value is -1.66. The summed E-state index contributed by atoms with van der Waals surface area (Å²) in [5.74, 6) is -1.78. The largest absolute Gasteiger partial charge is 0.458 e. The molecule has 2 saturated heterocycles. The van der Waals surface area contributed by atoms with Crippen LogP contribution in [0.3, 0.4) is 0 Å². The van der Waals surface area contributed by atoms with Crippen molar-refractivity contribution in [3.63, 3.8) is 0 Å². The number of aliphatic hydroxyl groups is 2. The maximum absolute atomic E-state index is 11.5. The van der Waals surface area contributed by atoms with Gasteiger partial charge in [-0.25, -0.2) is 0 Å². The second-order valence-corrected chi connectivity index (χ2v) is 5.76. The summed E-state index contributed by atoms with van der Waals surface area (Å²) < 4.78 is 10.3. The Labute approximate surface area is 114 Å². The number of hydrogen-bond acceptors (Lipinski definition) is 6. The number of aliphatic hydroxyl groups excluding tert-OH is 2. The Morgan fingerprint density at radius 1 is 0.800 bits per heavy atom. The van der Waals surface area contributed by atoms with Gasteiger partial charge in [0.1, 0.15) is 24.4 Å². The standard InChI is InChI=1S/C14H14O6/c15-9(11-5-1-3-7(5)13(17)19-11)10(16)12-6-2-4-8(6)14(18)20-12/h1-12,15-16H/t5-,6-,7+,8+,9+,10+,11-,12-/m0/s1. The fourth-order valence-electron chi connectivity index (χ4n) is 3.37. The average Bonchev–Trinajstić information content (AvgIpc) is 2.66. The molecule has 0 saturated carbocycles. The Bertz CT molecular complexity index is 490. The predicted octanol–water partition coefficient (Wildman–Crippen LogP) is -0.837. The smallest absolute Gasteiger partial charge is 0.313 e. The lowest BCUT2D eigenvalue weighted by molar-refractivity contribution is -0.163. The van der Waals surface area contributed by atoms with Crippen LogP contribution in [0.2, 0.25) is 0 Å². The molecule has 0 bridgehead atoms. The van der Waals surface area contributed by atoms with E-state index >= 15 is 0 Å². The molecule has 4 aliphatic rings. The van der Waals surface area contributed by atoms with Gasteiger partial charge in [-0.2, -0.15) is 0 Å². The van der Waals surface area contributed by atoms with E-state index in [1.54, 1.807) is 24.3 Å². The topological polar surface area (TPSA) is 93.1 Å². The molecule has 0 unspecified atom stereocenters. The molecule has 0 radical (unpaired) electrons. The first-order chi connectivity index (χ1) is 9.58. The zero-order chi connectivity index (χ0) is 14.0. The SMILES string of the molecule is O=C1O[C@H]([C@H](O)[C@@H](O)[C@H]2OC(=O)[C@@H]3C=C[C@H]23)[C@H]2C=C[C@@H]12. The summed E-state index contributed by atoms with van der Waals surface area (Å²) in [6, 6.07) is 0. The van der Waals surface area contributed by atoms with Gasteiger partial charge in [0.05, 0.1) is 11.8 Å². The van der Waals surface area contributed by atoms with Crippen LogP contribution in [0.4, 0.5) is 0 Å². The molecule has 0 spiro atoms. The molecule has 2 fully saturated rings. The summed E-state index contributed by atoms with van der Waals surface area (Å²) in [5, 5.41) is 20.5. The van der Waals surface area contributed by atoms with Gasteiger partial charge in [0.25, 0.3) is 0 Å². The first-order valence-corrected chi connectivity index (χ1v) is 6.71. The van der Waals surface area contributed by atoms with Crippen LogP contribution in [0, 0.1) is 23.7 Å². The number of fused-ring (bicyclic) bond motifs is 2. The number of hydrogen-bond donors (Lipinski definition) is 2. The summed E-state index contributed by atoms with van der Waals surface area (Å²) in [6.07, 6.45) is 2.99. The van der Waals surface area contributed by atoms with Crippen molar-refractivity contribution in [2.45, 2.75) is 24.4 Å². The van der Waals surface area contributed by atoms with Gasteiger partial charge in [-0.15, -0.1) is 0 Å². The van der Waals surface area contributed by atoms with Crippen molar-refractivity contribution in [2.75, 3.05) is 0 Å². The minimum absolute atomic E-state index is 0.197. The van der Waals surface area contributed by atoms with Gasteiger partial charge in [0.15, 0.2) is 0 Å². The highest BCUT2D eigenvalue weighted by atomic mass is 16.6. The van der Waals surface area contributed by atoms with E-state index in [1.165, 1.54) is 0 Å². The van der Waals surface area contributed by atoms with E-state index in [4.69, 9.17) is 9.47 Å². The maximum atomic E-state index is 11.5. The molecule has 0 aromatic heterocycles. The monoisotopic (exact) mass is 278 g/mol. The van der Waals surface area contributed by atoms with Gasteiger partial charge in [0.2, 0.25) is 0 Å². The van der Waals surface area contributed by atoms with Crippen LogP contribution in [0.5, 0.6) is 0 Å². The molecule has 2 aliphatic carbocycles. The fraction of sp³-hybridized carbons (Fsp3) is 0.571. The molecular weight excluding hydrogens is 264 g/mol. The third kappa shape index (κ3) is 1.40. The lowest BCUT2D eigenvalue weighted by Crippen LogP contribution is -2.49. The molecular formula is C14H14O6. The molecule has 0 amide bonds. The fourth-order valence-corrected chi connectivity index (χ4v) is 3.37. The molecule has 106 valence electrons. The minimum atomic E-state index is -1.26. The van der Waals surface area contributed by atoms with E-state index in [9.17, 15) is 19.8 Å². The molecule has 6 heteroatoms. The summed E-state index contributed by atoms with van der Waals surface area (Å²) in [5.41, 5.74) is 0. The van der Waals surface area contributed by atoms with E-state index < -0.39 is 24.4 Å². The number of ether oxygens (including phenoxy) is 2. The lowest BCUT2D eigenvalue weighted by Gasteiger charge is -2.32. The van der Waals surface area contributed by atoms with Crippen molar-refractivity contribution in [2.24, 2.45) is 23.7 Å². The number of carbonyl (C=O) groups is 2. The number of carbonyl (C=O) groups excluding carboxylic acids is 2. The molecule has 4 rings (SSSR count). The van der Waals surface area contributed by atoms with Crippen LogP contribution in [0.1, 0.15) is 0 Å². The third-order valence-corrected chi connectivity index (χ3v) is 4.74. The van der Waals surface area contributed by atoms with Gasteiger partial charge in [-0.3, -0.25) is 9.59 Å². The Balaban J connectivity index is 1.50. The van der Waals surface area contributed by atoms with E-state index in [1.807, 2.05) is 0 Å². The van der Waals surface area contributed by atoms with E-state index in [2.05, 4.69) is 0 Å². The summed E-state index contributed by atoms with van der Waals surface area (Å²) in [6.45, 7) is 0. The molecule has 2 N–H and O–H groups in total. The van der Waals surface area contributed by atoms with Crippen molar-refractivity contribution in [3.8, 4) is 0 Å². The van der Waals surface area contributed by atoms with Gasteiger partial charge in [-0.1, -0.05) is 24.3 Å². The number of cyclic esters (lactones) is 2. The molecule has 0 aromatic carbocycles. The quantitative estimate of drug-likeness (QED) is 0.517. The zero-order valence-corrected chi connectivity index (χ0v) is 10.5. The second kappa shape index (κ2) is 3.93. The molecule has 0 aromatic rings. The lowest BCUT2D eigenvalue weighted by atomic mass is 9.75. The van der Waals surface area contributed by atoms with Crippen LogP contribution < -0.4 is 0 Å². The highest BCUT2D eigenvalue weighted by Gasteiger charge is 2.55. The molecule has 2 heterocycles. The van der Waals surface area contributed by atoms with Crippen LogP contribution >= 0.6 is 0 Å². The maximum Gasteiger partial charge on any atom is 0.313 e. The van der Waals surface area contributed by atoms with E-state index in [0.29, 0.717) is 0 Å². The highest BCUT2D eigenvalue weighted by Crippen LogP contribution is 2.43. The Morgan fingerprint density at radius 2 is 1.20 bits per heavy atom. The Morgan fingerprint density at radius 3 is 1.45 bits per heavy atom. The van der Waals surface area contributed by atoms with Crippen LogP contribution in [-0.4, -0.2) is 46.6 Å². The van der Waals surface area contributed by atoms with E-state index in [-0.39, 0.29) is 35.6 Å². The molecule has 6 nitrogen and oxygen atoms in total. The first-order valence-electron chi connectivity index (χ1n) is 6.71. The van der Waals surface area contributed by atoms with Crippen molar-refractivity contribution in [3.05, 3.63) is 24.3 Å². The van der Waals surface area contributed by atoms with Gasteiger partial charge in [-0.05, 0) is 0 Å². The highest BCUT2D eigenvalue weighted by molar-refractivity contribution is 5.80. The van der Waals surface area contributed by atoms with Crippen molar-refractivity contribution in [1.29, 1.82) is 0 Å². The van der Waals surface area contributed by atoms with E-state index in [0.717, 1.165) is 0 Å². The number of rotatable bonds is 3. The first kappa shape index (κ1) is 12.1.